The van der Waals surface area contributed by atoms with Gasteiger partial charge in [-0.15, -0.1) is 0 Å². The fourth-order valence-corrected chi connectivity index (χ4v) is 2.43. The molecule has 0 fully saturated rings. The Kier molecular flexibility index (Phi) is 14.5. The van der Waals surface area contributed by atoms with Gasteiger partial charge < -0.3 is 0 Å². The molecule has 0 N–H and O–H groups in total. The van der Waals surface area contributed by atoms with Crippen molar-refractivity contribution in [1.82, 2.24) is 0 Å². The molecule has 1 heteroatoms. The van der Waals surface area contributed by atoms with Gasteiger partial charge in [0.15, 0.2) is 0 Å². The maximum absolute atomic E-state index is 5.67. The minimum absolute atomic E-state index is 0.812. The first-order valence-electron chi connectivity index (χ1n) is 9.39. The Balaban J connectivity index is 0.000000334. The van der Waals surface area contributed by atoms with E-state index >= 15 is 0 Å². The van der Waals surface area contributed by atoms with Gasteiger partial charge in [-0.2, -0.15) is 0 Å². The van der Waals surface area contributed by atoms with Crippen LogP contribution in [0, 0.1) is 5.92 Å². The summed E-state index contributed by atoms with van der Waals surface area (Å²) in [6, 6.07) is 18.4. The first-order chi connectivity index (χ1) is 11.6. The Morgan fingerprint density at radius 1 is 0.625 bits per heavy atom. The summed E-state index contributed by atoms with van der Waals surface area (Å²) in [4.78, 5) is 0. The number of halogens is 1. The molecular weight excluding hydrogens is 312 g/mol. The van der Waals surface area contributed by atoms with Gasteiger partial charge in [0.25, 0.3) is 0 Å². The van der Waals surface area contributed by atoms with Crippen LogP contribution < -0.4 is 0 Å². The third kappa shape index (κ3) is 11.3. The molecule has 0 aliphatic carbocycles. The van der Waals surface area contributed by atoms with E-state index in [0.29, 0.717) is 0 Å². The zero-order valence-corrected chi connectivity index (χ0v) is 16.9. The van der Waals surface area contributed by atoms with Crippen LogP contribution in [0.2, 0.25) is 5.02 Å². The van der Waals surface area contributed by atoms with E-state index in [1.807, 2.05) is 30.3 Å². The van der Waals surface area contributed by atoms with Crippen LogP contribution in [0.1, 0.15) is 65.0 Å². The zero-order valence-electron chi connectivity index (χ0n) is 16.2. The van der Waals surface area contributed by atoms with Crippen molar-refractivity contribution in [3.8, 4) is 0 Å². The Morgan fingerprint density at radius 3 is 1.33 bits per heavy atom. The van der Waals surface area contributed by atoms with Gasteiger partial charge in [-0.1, -0.05) is 108 Å². The fraction of sp³-hybridized carbons (Fsp3) is 0.478. The van der Waals surface area contributed by atoms with E-state index in [9.17, 15) is 0 Å². The van der Waals surface area contributed by atoms with Crippen molar-refractivity contribution >= 4 is 11.6 Å². The van der Waals surface area contributed by atoms with Crippen LogP contribution in [-0.4, -0.2) is 0 Å². The monoisotopic (exact) mass is 346 g/mol. The van der Waals surface area contributed by atoms with E-state index in [0.717, 1.165) is 23.8 Å². The summed E-state index contributed by atoms with van der Waals surface area (Å²) in [6.07, 6.45) is 6.28. The quantitative estimate of drug-likeness (QED) is 0.514. The smallest absolute Gasteiger partial charge is 0.0406 e. The third-order valence-corrected chi connectivity index (χ3v) is 4.56. The molecule has 2 aromatic rings. The minimum Gasteiger partial charge on any atom is -0.0843 e. The Bertz CT molecular complexity index is 478. The highest BCUT2D eigenvalue weighted by Crippen LogP contribution is 2.10. The van der Waals surface area contributed by atoms with Crippen molar-refractivity contribution in [1.29, 1.82) is 0 Å². The Labute approximate surface area is 155 Å². The summed E-state index contributed by atoms with van der Waals surface area (Å²) < 4.78 is 0. The van der Waals surface area contributed by atoms with Crippen LogP contribution in [0.3, 0.4) is 0 Å². The van der Waals surface area contributed by atoms with Gasteiger partial charge in [-0.25, -0.2) is 0 Å². The van der Waals surface area contributed by atoms with Crippen molar-refractivity contribution in [2.45, 2.75) is 66.7 Å². The largest absolute Gasteiger partial charge is 0.0843 e. The molecule has 0 saturated carbocycles. The Morgan fingerprint density at radius 2 is 1.04 bits per heavy atom. The lowest BCUT2D eigenvalue weighted by Crippen LogP contribution is -1.91. The van der Waals surface area contributed by atoms with E-state index in [4.69, 9.17) is 11.6 Å². The van der Waals surface area contributed by atoms with E-state index in [1.54, 1.807) is 0 Å². The lowest BCUT2D eigenvalue weighted by Gasteiger charge is -2.05. The highest BCUT2D eigenvalue weighted by atomic mass is 35.5. The molecule has 0 bridgehead atoms. The normalized spacial score (nSPS) is 9.62. The lowest BCUT2D eigenvalue weighted by molar-refractivity contribution is 0.477. The molecule has 0 aliphatic rings. The van der Waals surface area contributed by atoms with Gasteiger partial charge >= 0.3 is 0 Å². The van der Waals surface area contributed by atoms with Gasteiger partial charge in [0.2, 0.25) is 0 Å². The van der Waals surface area contributed by atoms with Gasteiger partial charge in [-0.3, -0.25) is 0 Å². The maximum Gasteiger partial charge on any atom is 0.0406 e. The molecule has 0 aromatic heterocycles. The van der Waals surface area contributed by atoms with Crippen molar-refractivity contribution in [2.24, 2.45) is 5.92 Å². The van der Waals surface area contributed by atoms with Crippen LogP contribution in [0.15, 0.2) is 54.6 Å². The van der Waals surface area contributed by atoms with Gasteiger partial charge in [0.1, 0.15) is 0 Å². The molecule has 24 heavy (non-hydrogen) atoms. The molecule has 0 unspecified atom stereocenters. The molecule has 0 radical (unpaired) electrons. The second-order valence-electron chi connectivity index (χ2n) is 5.91. The average molecular weight is 347 g/mol. The van der Waals surface area contributed by atoms with Gasteiger partial charge in [0, 0.05) is 5.02 Å². The molecular formula is C23H35Cl. The molecule has 0 heterocycles. The summed E-state index contributed by atoms with van der Waals surface area (Å²) in [5, 5.41) is 0.812. The molecule has 0 spiro atoms. The summed E-state index contributed by atoms with van der Waals surface area (Å²) in [5.74, 6) is 0.986. The molecule has 0 amide bonds. The minimum atomic E-state index is 0.812. The molecule has 0 atom stereocenters. The fourth-order valence-electron chi connectivity index (χ4n) is 2.30. The predicted octanol–water partition coefficient (Wildman–Crippen LogP) is 7.98. The number of hydrogen-bond donors (Lipinski definition) is 0. The highest BCUT2D eigenvalue weighted by Gasteiger charge is 1.95. The number of hydrogen-bond acceptors (Lipinski definition) is 0. The van der Waals surface area contributed by atoms with Crippen molar-refractivity contribution < 1.29 is 0 Å². The molecule has 134 valence electrons. The SMILES string of the molecule is CCC(CC)CC.CCc1ccc(Cl)cc1.CCc1ccccc1. The predicted molar refractivity (Wildman–Crippen MR) is 111 cm³/mol. The van der Waals surface area contributed by atoms with Crippen LogP contribution in [-0.2, 0) is 12.8 Å². The number of rotatable bonds is 5. The highest BCUT2D eigenvalue weighted by molar-refractivity contribution is 6.30. The van der Waals surface area contributed by atoms with Crippen molar-refractivity contribution in [2.75, 3.05) is 0 Å². The third-order valence-electron chi connectivity index (χ3n) is 4.30. The standard InChI is InChI=1S/C8H9Cl.C8H10.C7H16/c1-2-7-3-5-8(9)6-4-7;1-2-8-6-4-3-5-7-8;1-4-7(5-2)6-3/h3-6H,2H2,1H3;3-7H,2H2,1H3;7H,4-6H2,1-3H3. The zero-order chi connectivity index (χ0) is 18.2. The van der Waals surface area contributed by atoms with Crippen LogP contribution >= 0.6 is 11.6 Å². The lowest BCUT2D eigenvalue weighted by atomic mass is 10.0. The summed E-state index contributed by atoms with van der Waals surface area (Å²) in [5.41, 5.74) is 2.74. The molecule has 0 saturated heterocycles. The molecule has 0 nitrogen and oxygen atoms in total. The van der Waals surface area contributed by atoms with Crippen molar-refractivity contribution in [3.05, 3.63) is 70.7 Å². The summed E-state index contributed by atoms with van der Waals surface area (Å²) >= 11 is 5.67. The maximum atomic E-state index is 5.67. The van der Waals surface area contributed by atoms with Gasteiger partial charge in [-0.05, 0) is 42.0 Å². The van der Waals surface area contributed by atoms with E-state index in [2.05, 4.69) is 58.9 Å². The second kappa shape index (κ2) is 15.3. The molecule has 2 rings (SSSR count). The number of aryl methyl sites for hydroxylation is 2. The number of benzene rings is 2. The van der Waals surface area contributed by atoms with E-state index in [1.165, 1.54) is 30.4 Å². The first kappa shape index (κ1) is 22.7. The van der Waals surface area contributed by atoms with Crippen molar-refractivity contribution in [3.63, 3.8) is 0 Å². The summed E-state index contributed by atoms with van der Waals surface area (Å²) in [7, 11) is 0. The van der Waals surface area contributed by atoms with Crippen LogP contribution in [0.5, 0.6) is 0 Å². The second-order valence-corrected chi connectivity index (χ2v) is 6.35. The average Bonchev–Trinajstić information content (AvgIpc) is 2.65. The molecule has 0 aliphatic heterocycles. The molecule has 2 aromatic carbocycles. The van der Waals surface area contributed by atoms with Crippen LogP contribution in [0.25, 0.3) is 0 Å². The topological polar surface area (TPSA) is 0 Å². The van der Waals surface area contributed by atoms with Crippen LogP contribution in [0.4, 0.5) is 0 Å². The summed E-state index contributed by atoms with van der Waals surface area (Å²) in [6.45, 7) is 11.1. The van der Waals surface area contributed by atoms with Gasteiger partial charge in [0.05, 0.1) is 0 Å². The Hall–Kier alpha value is -1.27. The first-order valence-corrected chi connectivity index (χ1v) is 9.77. The van der Waals surface area contributed by atoms with E-state index < -0.39 is 0 Å². The van der Waals surface area contributed by atoms with E-state index in [-0.39, 0.29) is 0 Å².